The molecule has 1 saturated carbocycles. The average Bonchev–Trinajstić information content (AvgIpc) is 3.31. The van der Waals surface area contributed by atoms with E-state index in [0.717, 1.165) is 46.5 Å². The Morgan fingerprint density at radius 2 is 1.91 bits per heavy atom. The highest BCUT2D eigenvalue weighted by atomic mass is 16.3. The van der Waals surface area contributed by atoms with Gasteiger partial charge in [0.05, 0.1) is 35.7 Å². The summed E-state index contributed by atoms with van der Waals surface area (Å²) < 4.78 is 7.61. The maximum Gasteiger partial charge on any atom is 0.251 e. The average molecular weight is 452 g/mol. The molecule has 7 nitrogen and oxygen atoms in total. The van der Waals surface area contributed by atoms with Crippen molar-refractivity contribution in [2.45, 2.75) is 39.3 Å². The first kappa shape index (κ1) is 20.5. The van der Waals surface area contributed by atoms with E-state index in [-0.39, 0.29) is 5.91 Å². The normalized spacial score (nSPS) is 13.5. The van der Waals surface area contributed by atoms with Crippen molar-refractivity contribution in [1.29, 1.82) is 0 Å². The van der Waals surface area contributed by atoms with Crippen LogP contribution in [0.15, 0.2) is 65.4 Å². The van der Waals surface area contributed by atoms with Crippen LogP contribution in [0.1, 0.15) is 40.1 Å². The first-order valence-electron chi connectivity index (χ1n) is 11.5. The second-order valence-corrected chi connectivity index (χ2v) is 8.95. The number of carbonyl (C=O) groups excluding carboxylic acids is 1. The SMILES string of the molecule is Cc1cc2nc(NCc3ccco3)c3ncc(-c4ccc(C(=O)NC5CC5)cc4)n3c2cc1C. The zero-order valence-corrected chi connectivity index (χ0v) is 19.1. The van der Waals surface area contributed by atoms with Crippen LogP contribution in [0.5, 0.6) is 0 Å². The summed E-state index contributed by atoms with van der Waals surface area (Å²) in [7, 11) is 0. The van der Waals surface area contributed by atoms with E-state index >= 15 is 0 Å². The molecule has 0 radical (unpaired) electrons. The van der Waals surface area contributed by atoms with Gasteiger partial charge in [-0.1, -0.05) is 12.1 Å². The van der Waals surface area contributed by atoms with E-state index < -0.39 is 0 Å². The number of anilines is 1. The van der Waals surface area contributed by atoms with Crippen LogP contribution in [0.2, 0.25) is 0 Å². The predicted octanol–water partition coefficient (Wildman–Crippen LogP) is 5.26. The number of carbonyl (C=O) groups is 1. The zero-order valence-electron chi connectivity index (χ0n) is 19.1. The molecule has 3 heterocycles. The number of aromatic nitrogens is 3. The van der Waals surface area contributed by atoms with Crippen LogP contribution >= 0.6 is 0 Å². The number of rotatable bonds is 6. The molecule has 0 aliphatic heterocycles. The molecule has 1 aliphatic rings. The minimum atomic E-state index is -0.0163. The van der Waals surface area contributed by atoms with Crippen molar-refractivity contribution in [3.63, 3.8) is 0 Å². The minimum Gasteiger partial charge on any atom is -0.467 e. The van der Waals surface area contributed by atoms with Crippen LogP contribution in [0.25, 0.3) is 27.9 Å². The second kappa shape index (κ2) is 8.02. The Labute approximate surface area is 196 Å². The van der Waals surface area contributed by atoms with Crippen LogP contribution in [0.3, 0.4) is 0 Å². The maximum absolute atomic E-state index is 12.4. The summed E-state index contributed by atoms with van der Waals surface area (Å²) in [6, 6.07) is 16.1. The van der Waals surface area contributed by atoms with Gasteiger partial charge in [0.2, 0.25) is 0 Å². The molecular weight excluding hydrogens is 426 g/mol. The van der Waals surface area contributed by atoms with Crippen molar-refractivity contribution in [1.82, 2.24) is 19.7 Å². The number of fused-ring (bicyclic) bond motifs is 3. The molecule has 170 valence electrons. The van der Waals surface area contributed by atoms with Crippen molar-refractivity contribution < 1.29 is 9.21 Å². The van der Waals surface area contributed by atoms with Crippen LogP contribution in [-0.2, 0) is 6.54 Å². The summed E-state index contributed by atoms with van der Waals surface area (Å²) in [4.78, 5) is 22.0. The van der Waals surface area contributed by atoms with Crippen LogP contribution in [-0.4, -0.2) is 26.3 Å². The van der Waals surface area contributed by atoms with Gasteiger partial charge < -0.3 is 15.1 Å². The highest BCUT2D eigenvalue weighted by Gasteiger charge is 2.24. The van der Waals surface area contributed by atoms with Gasteiger partial charge >= 0.3 is 0 Å². The number of nitrogens with zero attached hydrogens (tertiary/aromatic N) is 3. The largest absolute Gasteiger partial charge is 0.467 e. The molecule has 7 heteroatoms. The Kier molecular flexibility index (Phi) is 4.83. The summed E-state index contributed by atoms with van der Waals surface area (Å²) in [5, 5.41) is 6.43. The van der Waals surface area contributed by atoms with Crippen LogP contribution in [0, 0.1) is 13.8 Å². The summed E-state index contributed by atoms with van der Waals surface area (Å²) in [6.45, 7) is 4.71. The second-order valence-electron chi connectivity index (χ2n) is 8.95. The van der Waals surface area contributed by atoms with E-state index in [9.17, 15) is 4.79 Å². The molecule has 3 aromatic heterocycles. The molecule has 2 N–H and O–H groups in total. The molecule has 1 fully saturated rings. The fourth-order valence-corrected chi connectivity index (χ4v) is 4.18. The topological polar surface area (TPSA) is 84.5 Å². The Bertz CT molecular complexity index is 1510. The zero-order chi connectivity index (χ0) is 23.2. The quantitative estimate of drug-likeness (QED) is 0.368. The standard InChI is InChI=1S/C27H25N5O2/c1-16-12-22-23(13-17(16)2)32-24(18-5-7-19(8-6-18)27(33)30-20-9-10-20)15-29-26(32)25(31-22)28-14-21-4-3-11-34-21/h3-8,11-13,15,20H,9-10,14H2,1-2H3,(H,28,31)(H,30,33). The van der Waals surface area contributed by atoms with Crippen molar-refractivity contribution in [2.24, 2.45) is 0 Å². The molecule has 6 rings (SSSR count). The van der Waals surface area contributed by atoms with Crippen molar-refractivity contribution in [3.05, 3.63) is 83.4 Å². The van der Waals surface area contributed by atoms with E-state index in [1.54, 1.807) is 6.26 Å². The fourth-order valence-electron chi connectivity index (χ4n) is 4.18. The van der Waals surface area contributed by atoms with Gasteiger partial charge in [0.15, 0.2) is 11.5 Å². The van der Waals surface area contributed by atoms with Crippen molar-refractivity contribution >= 4 is 28.4 Å². The Morgan fingerprint density at radius 1 is 1.12 bits per heavy atom. The number of benzene rings is 2. The molecular formula is C27H25N5O2. The number of hydrogen-bond acceptors (Lipinski definition) is 5. The van der Waals surface area contributed by atoms with Gasteiger partial charge in [-0.2, -0.15) is 0 Å². The van der Waals surface area contributed by atoms with Crippen molar-refractivity contribution in [2.75, 3.05) is 5.32 Å². The van der Waals surface area contributed by atoms with E-state index in [0.29, 0.717) is 24.0 Å². The van der Waals surface area contributed by atoms with Gasteiger partial charge in [0, 0.05) is 17.2 Å². The molecule has 2 aromatic carbocycles. The third-order valence-corrected chi connectivity index (χ3v) is 6.40. The predicted molar refractivity (Wildman–Crippen MR) is 132 cm³/mol. The lowest BCUT2D eigenvalue weighted by atomic mass is 10.1. The maximum atomic E-state index is 12.4. The first-order valence-corrected chi connectivity index (χ1v) is 11.5. The summed E-state index contributed by atoms with van der Waals surface area (Å²) in [5.74, 6) is 1.50. The van der Waals surface area contributed by atoms with E-state index in [4.69, 9.17) is 14.4 Å². The molecule has 1 aliphatic carbocycles. The Morgan fingerprint density at radius 3 is 2.65 bits per heavy atom. The third kappa shape index (κ3) is 3.69. The third-order valence-electron chi connectivity index (χ3n) is 6.40. The molecule has 0 spiro atoms. The lowest BCUT2D eigenvalue weighted by Gasteiger charge is -2.13. The van der Waals surface area contributed by atoms with E-state index in [1.807, 2.05) is 42.6 Å². The number of furan rings is 1. The van der Waals surface area contributed by atoms with Gasteiger partial charge in [-0.25, -0.2) is 9.97 Å². The first-order chi connectivity index (χ1) is 16.6. The molecule has 0 saturated heterocycles. The number of imidazole rings is 1. The van der Waals surface area contributed by atoms with E-state index in [2.05, 4.69) is 41.0 Å². The highest BCUT2D eigenvalue weighted by Crippen LogP contribution is 2.30. The molecule has 0 bridgehead atoms. The van der Waals surface area contributed by atoms with Crippen LogP contribution in [0.4, 0.5) is 5.82 Å². The van der Waals surface area contributed by atoms with E-state index in [1.165, 1.54) is 11.1 Å². The van der Waals surface area contributed by atoms with Gasteiger partial charge in [-0.3, -0.25) is 9.20 Å². The van der Waals surface area contributed by atoms with Gasteiger partial charge in [-0.15, -0.1) is 0 Å². The van der Waals surface area contributed by atoms with Gasteiger partial charge in [0.25, 0.3) is 5.91 Å². The smallest absolute Gasteiger partial charge is 0.251 e. The number of nitrogens with one attached hydrogen (secondary N) is 2. The number of hydrogen-bond donors (Lipinski definition) is 2. The molecule has 34 heavy (non-hydrogen) atoms. The fraction of sp³-hybridized carbons (Fsp3) is 0.222. The Balaban J connectivity index is 1.45. The summed E-state index contributed by atoms with van der Waals surface area (Å²) >= 11 is 0. The number of amides is 1. The molecule has 1 amide bonds. The van der Waals surface area contributed by atoms with Crippen LogP contribution < -0.4 is 10.6 Å². The molecule has 0 atom stereocenters. The Hall–Kier alpha value is -4.13. The highest BCUT2D eigenvalue weighted by molar-refractivity contribution is 5.95. The molecule has 5 aromatic rings. The number of aryl methyl sites for hydroxylation is 2. The monoisotopic (exact) mass is 451 g/mol. The summed E-state index contributed by atoms with van der Waals surface area (Å²) in [6.07, 6.45) is 5.67. The van der Waals surface area contributed by atoms with Gasteiger partial charge in [0.1, 0.15) is 5.76 Å². The summed E-state index contributed by atoms with van der Waals surface area (Å²) in [5.41, 5.74) is 7.60. The lowest BCUT2D eigenvalue weighted by molar-refractivity contribution is 0.0951. The van der Waals surface area contributed by atoms with Gasteiger partial charge in [-0.05, 0) is 74.2 Å². The minimum absolute atomic E-state index is 0.0163. The lowest BCUT2D eigenvalue weighted by Crippen LogP contribution is -2.25. The van der Waals surface area contributed by atoms with Crippen molar-refractivity contribution in [3.8, 4) is 11.3 Å². The molecule has 0 unspecified atom stereocenters.